The number of phenols is 1. The maximum atomic E-state index is 13.7. The van der Waals surface area contributed by atoms with Crippen LogP contribution in [-0.2, 0) is 4.74 Å². The number of aromatic nitrogens is 1. The Morgan fingerprint density at radius 2 is 1.88 bits per heavy atom. The molecule has 128 valence electrons. The largest absolute Gasteiger partial charge is 0.508 e. The van der Waals surface area contributed by atoms with Crippen molar-refractivity contribution in [2.75, 3.05) is 13.2 Å². The zero-order valence-electron chi connectivity index (χ0n) is 14.1. The number of hydrogen-bond donors (Lipinski definition) is 1. The highest BCUT2D eigenvalue weighted by Crippen LogP contribution is 2.36. The van der Waals surface area contributed by atoms with Crippen molar-refractivity contribution in [2.45, 2.75) is 25.7 Å². The summed E-state index contributed by atoms with van der Waals surface area (Å²) in [5.41, 5.74) is 4.30. The van der Waals surface area contributed by atoms with Crippen molar-refractivity contribution in [2.24, 2.45) is 0 Å². The number of aryl methyl sites for hydroxylation is 1. The van der Waals surface area contributed by atoms with Crippen molar-refractivity contribution in [3.05, 3.63) is 59.4 Å². The molecule has 1 saturated heterocycles. The second-order valence-corrected chi connectivity index (χ2v) is 6.65. The average molecular weight is 337 g/mol. The molecule has 4 heteroatoms. The van der Waals surface area contributed by atoms with Gasteiger partial charge in [0.1, 0.15) is 11.6 Å². The van der Waals surface area contributed by atoms with Gasteiger partial charge in [0.15, 0.2) is 0 Å². The zero-order chi connectivity index (χ0) is 17.4. The van der Waals surface area contributed by atoms with Crippen LogP contribution >= 0.6 is 0 Å². The van der Waals surface area contributed by atoms with E-state index >= 15 is 0 Å². The molecule has 3 nitrogen and oxygen atoms in total. The molecule has 0 bridgehead atoms. The van der Waals surface area contributed by atoms with Crippen LogP contribution in [0.25, 0.3) is 22.2 Å². The van der Waals surface area contributed by atoms with E-state index in [2.05, 4.69) is 6.07 Å². The summed E-state index contributed by atoms with van der Waals surface area (Å²) in [6, 6.07) is 12.5. The summed E-state index contributed by atoms with van der Waals surface area (Å²) in [6.45, 7) is 3.26. The SMILES string of the molecule is Cc1cc(-c2nc3cc(O)ccc3cc2C2CCOCC2)ccc1F. The van der Waals surface area contributed by atoms with Crippen LogP contribution in [0.1, 0.15) is 29.9 Å². The van der Waals surface area contributed by atoms with Crippen LogP contribution in [0, 0.1) is 12.7 Å². The molecule has 0 amide bonds. The first-order valence-corrected chi connectivity index (χ1v) is 8.60. The second-order valence-electron chi connectivity index (χ2n) is 6.65. The Morgan fingerprint density at radius 1 is 1.08 bits per heavy atom. The van der Waals surface area contributed by atoms with Gasteiger partial charge in [0.25, 0.3) is 0 Å². The second kappa shape index (κ2) is 6.45. The van der Waals surface area contributed by atoms with Crippen molar-refractivity contribution in [1.29, 1.82) is 0 Å². The van der Waals surface area contributed by atoms with Crippen LogP contribution in [0.4, 0.5) is 4.39 Å². The highest BCUT2D eigenvalue weighted by Gasteiger charge is 2.21. The van der Waals surface area contributed by atoms with Crippen LogP contribution in [0.3, 0.4) is 0 Å². The molecule has 2 aromatic carbocycles. The molecular formula is C21H20FNO2. The summed E-state index contributed by atoms with van der Waals surface area (Å²) >= 11 is 0. The molecule has 0 aliphatic carbocycles. The summed E-state index contributed by atoms with van der Waals surface area (Å²) in [5.74, 6) is 0.356. The Kier molecular flexibility index (Phi) is 4.14. The van der Waals surface area contributed by atoms with Crippen molar-refractivity contribution in [3.8, 4) is 17.0 Å². The molecule has 0 radical (unpaired) electrons. The lowest BCUT2D eigenvalue weighted by atomic mass is 9.87. The van der Waals surface area contributed by atoms with Gasteiger partial charge in [0.05, 0.1) is 11.2 Å². The molecule has 1 aromatic heterocycles. The van der Waals surface area contributed by atoms with E-state index in [0.29, 0.717) is 11.5 Å². The van der Waals surface area contributed by atoms with E-state index in [4.69, 9.17) is 9.72 Å². The molecule has 1 aliphatic rings. The van der Waals surface area contributed by atoms with Gasteiger partial charge in [-0.2, -0.15) is 0 Å². The molecule has 2 heterocycles. The third-order valence-corrected chi connectivity index (χ3v) is 4.92. The van der Waals surface area contributed by atoms with Crippen molar-refractivity contribution >= 4 is 10.9 Å². The van der Waals surface area contributed by atoms with Crippen molar-refractivity contribution in [1.82, 2.24) is 4.98 Å². The maximum absolute atomic E-state index is 13.7. The lowest BCUT2D eigenvalue weighted by Gasteiger charge is -2.25. The minimum absolute atomic E-state index is 0.194. The van der Waals surface area contributed by atoms with Gasteiger partial charge >= 0.3 is 0 Å². The van der Waals surface area contributed by atoms with Crippen LogP contribution < -0.4 is 0 Å². The van der Waals surface area contributed by atoms with Gasteiger partial charge in [-0.3, -0.25) is 0 Å². The van der Waals surface area contributed by atoms with Gasteiger partial charge in [-0.1, -0.05) is 0 Å². The summed E-state index contributed by atoms with van der Waals surface area (Å²) in [6.07, 6.45) is 1.91. The number of ether oxygens (including phenoxy) is 1. The van der Waals surface area contributed by atoms with Crippen LogP contribution in [-0.4, -0.2) is 23.3 Å². The molecule has 3 aromatic rings. The van der Waals surface area contributed by atoms with Crippen LogP contribution in [0.2, 0.25) is 0 Å². The van der Waals surface area contributed by atoms with E-state index in [1.54, 1.807) is 25.1 Å². The monoisotopic (exact) mass is 337 g/mol. The minimum Gasteiger partial charge on any atom is -0.508 e. The first kappa shape index (κ1) is 16.0. The van der Waals surface area contributed by atoms with Gasteiger partial charge < -0.3 is 9.84 Å². The van der Waals surface area contributed by atoms with Crippen molar-refractivity contribution < 1.29 is 14.2 Å². The number of pyridine rings is 1. The summed E-state index contributed by atoms with van der Waals surface area (Å²) in [5, 5.41) is 10.8. The number of aromatic hydroxyl groups is 1. The lowest BCUT2D eigenvalue weighted by Crippen LogP contribution is -2.15. The van der Waals surface area contributed by atoms with E-state index in [9.17, 15) is 9.50 Å². The zero-order valence-corrected chi connectivity index (χ0v) is 14.1. The molecule has 1 fully saturated rings. The van der Waals surface area contributed by atoms with Crippen molar-refractivity contribution in [3.63, 3.8) is 0 Å². The Labute approximate surface area is 146 Å². The molecule has 1 aliphatic heterocycles. The first-order chi connectivity index (χ1) is 12.1. The van der Waals surface area contributed by atoms with Gasteiger partial charge in [0, 0.05) is 30.2 Å². The number of fused-ring (bicyclic) bond motifs is 1. The van der Waals surface area contributed by atoms with E-state index in [-0.39, 0.29) is 11.6 Å². The number of rotatable bonds is 2. The summed E-state index contributed by atoms with van der Waals surface area (Å²) in [4.78, 5) is 4.83. The summed E-state index contributed by atoms with van der Waals surface area (Å²) < 4.78 is 19.2. The molecule has 4 rings (SSSR count). The third-order valence-electron chi connectivity index (χ3n) is 4.92. The number of halogens is 1. The van der Waals surface area contributed by atoms with E-state index in [1.807, 2.05) is 12.1 Å². The Balaban J connectivity index is 1.93. The van der Waals surface area contributed by atoms with E-state index < -0.39 is 0 Å². The fraction of sp³-hybridized carbons (Fsp3) is 0.286. The maximum Gasteiger partial charge on any atom is 0.126 e. The number of benzene rings is 2. The molecule has 0 saturated carbocycles. The fourth-order valence-electron chi connectivity index (χ4n) is 3.51. The fourth-order valence-corrected chi connectivity index (χ4v) is 3.51. The first-order valence-electron chi connectivity index (χ1n) is 8.60. The van der Waals surface area contributed by atoms with Gasteiger partial charge in [-0.15, -0.1) is 0 Å². The third kappa shape index (κ3) is 3.10. The predicted molar refractivity (Wildman–Crippen MR) is 96.3 cm³/mol. The Morgan fingerprint density at radius 3 is 2.64 bits per heavy atom. The van der Waals surface area contributed by atoms with Crippen LogP contribution in [0.15, 0.2) is 42.5 Å². The number of hydrogen-bond acceptors (Lipinski definition) is 3. The van der Waals surface area contributed by atoms with Gasteiger partial charge in [-0.05, 0) is 73.2 Å². The lowest BCUT2D eigenvalue weighted by molar-refractivity contribution is 0.0854. The van der Waals surface area contributed by atoms with E-state index in [1.165, 1.54) is 11.6 Å². The molecule has 1 N–H and O–H groups in total. The smallest absolute Gasteiger partial charge is 0.126 e. The normalized spacial score (nSPS) is 15.6. The molecule has 0 spiro atoms. The summed E-state index contributed by atoms with van der Waals surface area (Å²) in [7, 11) is 0. The number of nitrogens with zero attached hydrogens (tertiary/aromatic N) is 1. The highest BCUT2D eigenvalue weighted by atomic mass is 19.1. The molecule has 0 unspecified atom stereocenters. The van der Waals surface area contributed by atoms with Crippen LogP contribution in [0.5, 0.6) is 5.75 Å². The van der Waals surface area contributed by atoms with Gasteiger partial charge in [0.2, 0.25) is 0 Å². The Hall–Kier alpha value is -2.46. The topological polar surface area (TPSA) is 42.4 Å². The molecule has 25 heavy (non-hydrogen) atoms. The molecular weight excluding hydrogens is 317 g/mol. The standard InChI is InChI=1S/C21H20FNO2/c1-13-10-16(3-5-19(13)22)21-18(14-6-8-25-9-7-14)11-15-2-4-17(24)12-20(15)23-21/h2-5,10-12,14,24H,6-9H2,1H3. The quantitative estimate of drug-likeness (QED) is 0.719. The predicted octanol–water partition coefficient (Wildman–Crippen LogP) is 4.95. The van der Waals surface area contributed by atoms with E-state index in [0.717, 1.165) is 48.2 Å². The Bertz CT molecular complexity index is 933. The average Bonchev–Trinajstić information content (AvgIpc) is 2.63. The highest BCUT2D eigenvalue weighted by molar-refractivity contribution is 5.85. The van der Waals surface area contributed by atoms with Gasteiger partial charge in [-0.25, -0.2) is 9.37 Å². The minimum atomic E-state index is -0.213. The number of phenolic OH excluding ortho intramolecular Hbond substituents is 1. The molecule has 0 atom stereocenters.